The van der Waals surface area contributed by atoms with E-state index in [0.29, 0.717) is 17.3 Å². The predicted molar refractivity (Wildman–Crippen MR) is 90.0 cm³/mol. The SMILES string of the molecule is O=C1CCCCC1.O=C1CCCCC1.O=C1CCCCC1.[In]. The smallest absolute Gasteiger partial charge is 0.132 e. The molecule has 0 aliphatic heterocycles. The molecule has 3 aliphatic rings. The standard InChI is InChI=1S/3C6H10O.In/c3*7-6-4-2-1-3-5-6;/h3*1-5H2;. The summed E-state index contributed by atoms with van der Waals surface area (Å²) in [5.41, 5.74) is 0. The van der Waals surface area contributed by atoms with Crippen molar-refractivity contribution in [1.82, 2.24) is 0 Å². The Labute approximate surface area is 153 Å². The van der Waals surface area contributed by atoms with Crippen molar-refractivity contribution in [2.75, 3.05) is 0 Å². The van der Waals surface area contributed by atoms with Crippen molar-refractivity contribution in [3.05, 3.63) is 0 Å². The molecule has 0 aromatic carbocycles. The maximum absolute atomic E-state index is 10.5. The van der Waals surface area contributed by atoms with Crippen molar-refractivity contribution in [3.8, 4) is 0 Å². The van der Waals surface area contributed by atoms with Crippen LogP contribution in [0.4, 0.5) is 0 Å². The Kier molecular flexibility index (Phi) is 14.4. The molecule has 3 saturated carbocycles. The second-order valence-corrected chi connectivity index (χ2v) is 6.30. The zero-order chi connectivity index (χ0) is 15.3. The topological polar surface area (TPSA) is 51.2 Å². The molecule has 0 bridgehead atoms. The summed E-state index contributed by atoms with van der Waals surface area (Å²) in [5, 5.41) is 0. The van der Waals surface area contributed by atoms with E-state index >= 15 is 0 Å². The average molecular weight is 409 g/mol. The van der Waals surface area contributed by atoms with E-state index in [0.717, 1.165) is 77.0 Å². The van der Waals surface area contributed by atoms with Gasteiger partial charge in [0.05, 0.1) is 0 Å². The summed E-state index contributed by atoms with van der Waals surface area (Å²) in [6.07, 6.45) is 15.7. The van der Waals surface area contributed by atoms with Crippen molar-refractivity contribution in [2.45, 2.75) is 96.3 Å². The number of ketones is 3. The van der Waals surface area contributed by atoms with E-state index in [-0.39, 0.29) is 25.8 Å². The molecule has 123 valence electrons. The Balaban J connectivity index is 0.000000294. The van der Waals surface area contributed by atoms with Crippen LogP contribution < -0.4 is 0 Å². The van der Waals surface area contributed by atoms with Crippen LogP contribution >= 0.6 is 0 Å². The molecule has 22 heavy (non-hydrogen) atoms. The first-order chi connectivity index (χ1) is 10.2. The summed E-state index contributed by atoms with van der Waals surface area (Å²) in [5.74, 6) is 1.39. The molecule has 3 fully saturated rings. The summed E-state index contributed by atoms with van der Waals surface area (Å²) in [6.45, 7) is 0. The van der Waals surface area contributed by atoms with E-state index in [2.05, 4.69) is 0 Å². The molecule has 0 amide bonds. The van der Waals surface area contributed by atoms with Gasteiger partial charge in [-0.3, -0.25) is 14.4 Å². The Morgan fingerprint density at radius 1 is 0.364 bits per heavy atom. The van der Waals surface area contributed by atoms with Gasteiger partial charge in [-0.05, 0) is 38.5 Å². The van der Waals surface area contributed by atoms with Gasteiger partial charge in [-0.15, -0.1) is 0 Å². The molecule has 3 rings (SSSR count). The first-order valence-electron chi connectivity index (χ1n) is 8.73. The number of rotatable bonds is 0. The monoisotopic (exact) mass is 409 g/mol. The van der Waals surface area contributed by atoms with Crippen molar-refractivity contribution in [1.29, 1.82) is 0 Å². The van der Waals surface area contributed by atoms with E-state index in [9.17, 15) is 14.4 Å². The Hall–Kier alpha value is -0.120. The van der Waals surface area contributed by atoms with Gasteiger partial charge >= 0.3 is 0 Å². The quantitative estimate of drug-likeness (QED) is 0.603. The third kappa shape index (κ3) is 12.4. The van der Waals surface area contributed by atoms with Gasteiger partial charge in [-0.2, -0.15) is 0 Å². The van der Waals surface area contributed by atoms with Crippen molar-refractivity contribution < 1.29 is 14.4 Å². The second-order valence-electron chi connectivity index (χ2n) is 6.30. The summed E-state index contributed by atoms with van der Waals surface area (Å²) < 4.78 is 0. The molecule has 0 unspecified atom stereocenters. The van der Waals surface area contributed by atoms with Crippen LogP contribution in [0.2, 0.25) is 0 Å². The molecular weight excluding hydrogens is 379 g/mol. The van der Waals surface area contributed by atoms with Gasteiger partial charge in [-0.25, -0.2) is 0 Å². The van der Waals surface area contributed by atoms with Crippen LogP contribution in [0.3, 0.4) is 0 Å². The summed E-state index contributed by atoms with van der Waals surface area (Å²) >= 11 is 0. The van der Waals surface area contributed by atoms with Crippen molar-refractivity contribution in [2.24, 2.45) is 0 Å². The van der Waals surface area contributed by atoms with Gasteiger partial charge in [0.1, 0.15) is 17.3 Å². The van der Waals surface area contributed by atoms with Crippen LogP contribution in [0.1, 0.15) is 96.3 Å². The molecule has 4 heteroatoms. The van der Waals surface area contributed by atoms with E-state index in [1.807, 2.05) is 0 Å². The molecule has 0 aromatic rings. The molecule has 0 aromatic heterocycles. The van der Waals surface area contributed by atoms with Crippen LogP contribution in [0.15, 0.2) is 0 Å². The largest absolute Gasteiger partial charge is 0.300 e. The van der Waals surface area contributed by atoms with Crippen LogP contribution in [0.5, 0.6) is 0 Å². The molecule has 3 aliphatic carbocycles. The van der Waals surface area contributed by atoms with E-state index < -0.39 is 0 Å². The first-order valence-corrected chi connectivity index (χ1v) is 8.73. The molecular formula is C18H30InO3. The van der Waals surface area contributed by atoms with Crippen LogP contribution in [-0.2, 0) is 14.4 Å². The van der Waals surface area contributed by atoms with Crippen LogP contribution in [0, 0.1) is 0 Å². The maximum atomic E-state index is 10.5. The fourth-order valence-electron chi connectivity index (χ4n) is 2.84. The minimum Gasteiger partial charge on any atom is -0.300 e. The molecule has 0 heterocycles. The van der Waals surface area contributed by atoms with Gasteiger partial charge < -0.3 is 0 Å². The molecule has 3 radical (unpaired) electrons. The van der Waals surface area contributed by atoms with Crippen LogP contribution in [0.25, 0.3) is 0 Å². The third-order valence-corrected chi connectivity index (χ3v) is 4.23. The maximum Gasteiger partial charge on any atom is 0.132 e. The van der Waals surface area contributed by atoms with E-state index in [4.69, 9.17) is 0 Å². The van der Waals surface area contributed by atoms with Gasteiger partial charge in [0, 0.05) is 64.4 Å². The van der Waals surface area contributed by atoms with E-state index in [1.54, 1.807) is 0 Å². The fourth-order valence-corrected chi connectivity index (χ4v) is 2.84. The van der Waals surface area contributed by atoms with Gasteiger partial charge in [-0.1, -0.05) is 19.3 Å². The third-order valence-electron chi connectivity index (χ3n) is 4.23. The minimum absolute atomic E-state index is 0. The number of hydrogen-bond donors (Lipinski definition) is 0. The van der Waals surface area contributed by atoms with E-state index in [1.165, 1.54) is 19.3 Å². The first kappa shape index (κ1) is 21.9. The second kappa shape index (κ2) is 14.5. The Bertz CT molecular complexity index is 263. The molecule has 0 N–H and O–H groups in total. The van der Waals surface area contributed by atoms with Crippen LogP contribution in [-0.4, -0.2) is 43.2 Å². The zero-order valence-corrected chi connectivity index (χ0v) is 17.2. The molecule has 0 spiro atoms. The normalized spacial score (nSPS) is 21.5. The summed E-state index contributed by atoms with van der Waals surface area (Å²) in [6, 6.07) is 0. The fraction of sp³-hybridized carbons (Fsp3) is 0.833. The van der Waals surface area contributed by atoms with Gasteiger partial charge in [0.25, 0.3) is 0 Å². The Morgan fingerprint density at radius 3 is 0.636 bits per heavy atom. The minimum atomic E-state index is 0. The zero-order valence-electron chi connectivity index (χ0n) is 13.9. The number of Topliss-reactive ketones (excluding diaryl/α,β-unsaturated/α-hetero) is 3. The summed E-state index contributed by atoms with van der Waals surface area (Å²) in [4.78, 5) is 31.4. The number of carbonyl (C=O) groups is 3. The molecule has 3 nitrogen and oxygen atoms in total. The Morgan fingerprint density at radius 2 is 0.545 bits per heavy atom. The van der Waals surface area contributed by atoms with Crippen molar-refractivity contribution in [3.63, 3.8) is 0 Å². The number of hydrogen-bond acceptors (Lipinski definition) is 3. The predicted octanol–water partition coefficient (Wildman–Crippen LogP) is 4.18. The van der Waals surface area contributed by atoms with Crippen molar-refractivity contribution >= 4 is 43.2 Å². The number of carbonyl (C=O) groups excluding carboxylic acids is 3. The molecule has 0 atom stereocenters. The molecule has 0 saturated heterocycles. The van der Waals surface area contributed by atoms with Gasteiger partial charge in [0.15, 0.2) is 0 Å². The summed E-state index contributed by atoms with van der Waals surface area (Å²) in [7, 11) is 0. The van der Waals surface area contributed by atoms with Gasteiger partial charge in [0.2, 0.25) is 0 Å². The average Bonchev–Trinajstić information content (AvgIpc) is 2.51.